The second-order valence-electron chi connectivity index (χ2n) is 3.36. The summed E-state index contributed by atoms with van der Waals surface area (Å²) >= 11 is 1.67. The summed E-state index contributed by atoms with van der Waals surface area (Å²) in [7, 11) is -2.14. The fourth-order valence-electron chi connectivity index (χ4n) is 1.19. The molecule has 1 aromatic heterocycles. The molecule has 0 saturated heterocycles. The van der Waals surface area contributed by atoms with Crippen molar-refractivity contribution in [3.05, 3.63) is 17.9 Å². The Morgan fingerprint density at radius 1 is 1.50 bits per heavy atom. The Kier molecular flexibility index (Phi) is 6.29. The van der Waals surface area contributed by atoms with Gasteiger partial charge in [0, 0.05) is 12.3 Å². The SMILES string of the molecule is C#CCSCCNCc1ccc(S(=O)(=O)NC)o1. The average molecular weight is 288 g/mol. The molecule has 0 aromatic carbocycles. The van der Waals surface area contributed by atoms with Crippen molar-refractivity contribution in [1.29, 1.82) is 0 Å². The first-order chi connectivity index (χ1) is 8.60. The molecule has 18 heavy (non-hydrogen) atoms. The Morgan fingerprint density at radius 2 is 2.28 bits per heavy atom. The molecule has 0 amide bonds. The van der Waals surface area contributed by atoms with Gasteiger partial charge in [0.15, 0.2) is 0 Å². The van der Waals surface area contributed by atoms with Crippen LogP contribution < -0.4 is 10.0 Å². The molecule has 7 heteroatoms. The highest BCUT2D eigenvalue weighted by molar-refractivity contribution is 7.99. The van der Waals surface area contributed by atoms with Gasteiger partial charge < -0.3 is 9.73 Å². The van der Waals surface area contributed by atoms with Crippen LogP contribution in [0, 0.1) is 12.3 Å². The molecule has 100 valence electrons. The molecular weight excluding hydrogens is 272 g/mol. The number of hydrogen-bond donors (Lipinski definition) is 2. The van der Waals surface area contributed by atoms with Crippen molar-refractivity contribution in [3.63, 3.8) is 0 Å². The smallest absolute Gasteiger partial charge is 0.273 e. The van der Waals surface area contributed by atoms with Crippen LogP contribution in [0.15, 0.2) is 21.6 Å². The molecule has 0 unspecified atom stereocenters. The highest BCUT2D eigenvalue weighted by atomic mass is 32.2. The number of sulfonamides is 1. The summed E-state index contributed by atoms with van der Waals surface area (Å²) < 4.78 is 30.2. The molecule has 0 spiro atoms. The first-order valence-corrected chi connectivity index (χ1v) is 7.98. The minimum Gasteiger partial charge on any atom is -0.447 e. The van der Waals surface area contributed by atoms with Gasteiger partial charge in [0.25, 0.3) is 10.0 Å². The van der Waals surface area contributed by atoms with Crippen LogP contribution in [-0.4, -0.2) is 33.5 Å². The van der Waals surface area contributed by atoms with Crippen molar-refractivity contribution < 1.29 is 12.8 Å². The van der Waals surface area contributed by atoms with E-state index in [9.17, 15) is 8.42 Å². The molecule has 1 rings (SSSR count). The van der Waals surface area contributed by atoms with E-state index in [4.69, 9.17) is 10.8 Å². The van der Waals surface area contributed by atoms with Crippen LogP contribution in [0.5, 0.6) is 0 Å². The Hall–Kier alpha value is -0.940. The Morgan fingerprint density at radius 3 is 2.94 bits per heavy atom. The zero-order valence-corrected chi connectivity index (χ0v) is 11.7. The Bertz CT molecular complexity index is 503. The van der Waals surface area contributed by atoms with Gasteiger partial charge >= 0.3 is 0 Å². The maximum absolute atomic E-state index is 11.4. The second-order valence-corrected chi connectivity index (χ2v) is 6.28. The van der Waals surface area contributed by atoms with Crippen molar-refractivity contribution in [3.8, 4) is 12.3 Å². The Balaban J connectivity index is 2.35. The molecule has 2 N–H and O–H groups in total. The van der Waals surface area contributed by atoms with Gasteiger partial charge in [-0.15, -0.1) is 18.2 Å². The van der Waals surface area contributed by atoms with E-state index in [0.717, 1.165) is 12.3 Å². The summed E-state index contributed by atoms with van der Waals surface area (Å²) in [5.41, 5.74) is 0. The van der Waals surface area contributed by atoms with Crippen LogP contribution in [0.3, 0.4) is 0 Å². The molecule has 0 radical (unpaired) electrons. The lowest BCUT2D eigenvalue weighted by atomic mass is 10.4. The monoisotopic (exact) mass is 288 g/mol. The van der Waals surface area contributed by atoms with E-state index in [1.807, 2.05) is 0 Å². The maximum atomic E-state index is 11.4. The lowest BCUT2D eigenvalue weighted by molar-refractivity contribution is 0.402. The van der Waals surface area contributed by atoms with Crippen molar-refractivity contribution in [2.75, 3.05) is 25.1 Å². The van der Waals surface area contributed by atoms with E-state index in [2.05, 4.69) is 16.0 Å². The van der Waals surface area contributed by atoms with Gasteiger partial charge in [-0.05, 0) is 19.2 Å². The number of rotatable bonds is 8. The molecule has 0 bridgehead atoms. The molecular formula is C11H16N2O3S2. The third-order valence-electron chi connectivity index (χ3n) is 2.08. The number of terminal acetylenes is 1. The standard InChI is InChI=1S/C11H16N2O3S2/c1-3-7-17-8-6-13-9-10-4-5-11(16-10)18(14,15)12-2/h1,4-5,12-13H,6-9H2,2H3. The number of thioether (sulfide) groups is 1. The largest absolute Gasteiger partial charge is 0.447 e. The predicted octanol–water partition coefficient (Wildman–Crippen LogP) is 0.644. The predicted molar refractivity (Wildman–Crippen MR) is 72.8 cm³/mol. The van der Waals surface area contributed by atoms with Crippen LogP contribution >= 0.6 is 11.8 Å². The van der Waals surface area contributed by atoms with Crippen LogP contribution in [0.2, 0.25) is 0 Å². The third kappa shape index (κ3) is 4.74. The molecule has 0 aliphatic carbocycles. The summed E-state index contributed by atoms with van der Waals surface area (Å²) in [5, 5.41) is 3.08. The van der Waals surface area contributed by atoms with Gasteiger partial charge in [0.2, 0.25) is 5.09 Å². The lowest BCUT2D eigenvalue weighted by Gasteiger charge is -2.01. The molecule has 5 nitrogen and oxygen atoms in total. The second kappa shape index (κ2) is 7.48. The van der Waals surface area contributed by atoms with E-state index in [1.165, 1.54) is 13.1 Å². The molecule has 0 atom stereocenters. The van der Waals surface area contributed by atoms with Crippen LogP contribution in [0.25, 0.3) is 0 Å². The number of furan rings is 1. The summed E-state index contributed by atoms with van der Waals surface area (Å²) in [5.74, 6) is 4.75. The van der Waals surface area contributed by atoms with Crippen LogP contribution in [0.4, 0.5) is 0 Å². The normalized spacial score (nSPS) is 11.3. The fraction of sp³-hybridized carbons (Fsp3) is 0.455. The van der Waals surface area contributed by atoms with E-state index >= 15 is 0 Å². The van der Waals surface area contributed by atoms with E-state index in [0.29, 0.717) is 18.1 Å². The first kappa shape index (κ1) is 15.1. The minimum atomic E-state index is -3.49. The zero-order chi connectivity index (χ0) is 13.4. The first-order valence-electron chi connectivity index (χ1n) is 5.34. The quantitative estimate of drug-likeness (QED) is 0.543. The maximum Gasteiger partial charge on any atom is 0.273 e. The summed E-state index contributed by atoms with van der Waals surface area (Å²) in [6.07, 6.45) is 5.12. The minimum absolute atomic E-state index is 0.0662. The van der Waals surface area contributed by atoms with Gasteiger partial charge in [-0.1, -0.05) is 5.92 Å². The fourth-order valence-corrected chi connectivity index (χ4v) is 2.40. The van der Waals surface area contributed by atoms with Crippen LogP contribution in [-0.2, 0) is 16.6 Å². The Labute approximate surface area is 112 Å². The van der Waals surface area contributed by atoms with Gasteiger partial charge in [-0.3, -0.25) is 0 Å². The average Bonchev–Trinajstić information content (AvgIpc) is 2.83. The van der Waals surface area contributed by atoms with Gasteiger partial charge in [-0.2, -0.15) is 0 Å². The lowest BCUT2D eigenvalue weighted by Crippen LogP contribution is -2.18. The molecule has 1 heterocycles. The zero-order valence-electron chi connectivity index (χ0n) is 10.1. The third-order valence-corrected chi connectivity index (χ3v) is 4.23. The number of nitrogens with one attached hydrogen (secondary N) is 2. The summed E-state index contributed by atoms with van der Waals surface area (Å²) in [6.45, 7) is 1.29. The summed E-state index contributed by atoms with van der Waals surface area (Å²) in [4.78, 5) is 0. The molecule has 0 aliphatic rings. The molecule has 0 saturated carbocycles. The van der Waals surface area contributed by atoms with Crippen molar-refractivity contribution in [2.24, 2.45) is 0 Å². The molecule has 0 aliphatic heterocycles. The molecule has 0 fully saturated rings. The van der Waals surface area contributed by atoms with Crippen molar-refractivity contribution in [1.82, 2.24) is 10.0 Å². The number of hydrogen-bond acceptors (Lipinski definition) is 5. The topological polar surface area (TPSA) is 71.3 Å². The van der Waals surface area contributed by atoms with Gasteiger partial charge in [0.1, 0.15) is 5.76 Å². The van der Waals surface area contributed by atoms with Gasteiger partial charge in [0.05, 0.1) is 12.3 Å². The van der Waals surface area contributed by atoms with E-state index < -0.39 is 10.0 Å². The van der Waals surface area contributed by atoms with Crippen molar-refractivity contribution >= 4 is 21.8 Å². The van der Waals surface area contributed by atoms with E-state index in [-0.39, 0.29) is 5.09 Å². The highest BCUT2D eigenvalue weighted by Gasteiger charge is 2.15. The highest BCUT2D eigenvalue weighted by Crippen LogP contribution is 2.13. The molecule has 1 aromatic rings. The van der Waals surface area contributed by atoms with Crippen LogP contribution in [0.1, 0.15) is 5.76 Å². The van der Waals surface area contributed by atoms with E-state index in [1.54, 1.807) is 17.8 Å². The van der Waals surface area contributed by atoms with Crippen molar-refractivity contribution in [2.45, 2.75) is 11.6 Å². The van der Waals surface area contributed by atoms with Gasteiger partial charge in [-0.25, -0.2) is 13.1 Å². The summed E-state index contributed by atoms with van der Waals surface area (Å²) in [6, 6.07) is 3.09.